The molecule has 20 heavy (non-hydrogen) atoms. The molecule has 1 aromatic carbocycles. The molecule has 0 spiro atoms. The average molecular weight is 313 g/mol. The van der Waals surface area contributed by atoms with Crippen molar-refractivity contribution in [1.29, 1.82) is 5.26 Å². The van der Waals surface area contributed by atoms with Gasteiger partial charge in [-0.1, -0.05) is 12.1 Å². The van der Waals surface area contributed by atoms with Crippen molar-refractivity contribution in [1.82, 2.24) is 0 Å². The smallest absolute Gasteiger partial charge is 0.232 e. The van der Waals surface area contributed by atoms with Crippen molar-refractivity contribution in [2.45, 2.75) is 12.8 Å². The molecular weight excluding hydrogens is 300 g/mol. The second-order valence-corrected chi connectivity index (χ2v) is 7.61. The molecule has 0 radical (unpaired) electrons. The van der Waals surface area contributed by atoms with Gasteiger partial charge in [0, 0.05) is 35.3 Å². The van der Waals surface area contributed by atoms with Crippen molar-refractivity contribution < 1.29 is 13.2 Å². The van der Waals surface area contributed by atoms with Gasteiger partial charge in [0.1, 0.15) is 0 Å². The van der Waals surface area contributed by atoms with Crippen molar-refractivity contribution in [3.63, 3.8) is 0 Å². The molecule has 0 saturated carbocycles. The Morgan fingerprint density at radius 3 is 2.85 bits per heavy atom. The highest BCUT2D eigenvalue weighted by molar-refractivity contribution is 8.13. The number of nitrogens with zero attached hydrogens (tertiary/aromatic N) is 2. The fourth-order valence-corrected chi connectivity index (χ4v) is 3.67. The molecule has 1 aliphatic rings. The SMILES string of the molecule is N#CCc1cccc(N2CC(CS(=O)(=O)Cl)CC2=O)c1. The van der Waals surface area contributed by atoms with E-state index in [2.05, 4.69) is 6.07 Å². The molecule has 0 aromatic heterocycles. The fourth-order valence-electron chi connectivity index (χ4n) is 2.35. The Hall–Kier alpha value is -1.58. The van der Waals surface area contributed by atoms with Crippen LogP contribution in [0.4, 0.5) is 5.69 Å². The van der Waals surface area contributed by atoms with Gasteiger partial charge in [-0.05, 0) is 17.7 Å². The van der Waals surface area contributed by atoms with Gasteiger partial charge in [-0.2, -0.15) is 5.26 Å². The van der Waals surface area contributed by atoms with Crippen LogP contribution in [-0.4, -0.2) is 26.6 Å². The van der Waals surface area contributed by atoms with Gasteiger partial charge < -0.3 is 4.90 Å². The Balaban J connectivity index is 2.16. The topological polar surface area (TPSA) is 78.2 Å². The lowest BCUT2D eigenvalue weighted by Gasteiger charge is -2.17. The number of carbonyl (C=O) groups is 1. The molecule has 0 aliphatic carbocycles. The summed E-state index contributed by atoms with van der Waals surface area (Å²) in [5.74, 6) is -0.608. The quantitative estimate of drug-likeness (QED) is 0.792. The van der Waals surface area contributed by atoms with Crippen LogP contribution in [0.1, 0.15) is 12.0 Å². The maximum atomic E-state index is 12.0. The summed E-state index contributed by atoms with van der Waals surface area (Å²) in [5, 5.41) is 8.69. The highest BCUT2D eigenvalue weighted by Crippen LogP contribution is 2.27. The molecule has 1 aliphatic heterocycles. The standard InChI is InChI=1S/C13H13ClN2O3S/c14-20(18,19)9-11-7-13(17)16(8-11)12-3-1-2-10(6-12)4-5-15/h1-3,6,11H,4,7-9H2. The Morgan fingerprint density at radius 1 is 1.45 bits per heavy atom. The van der Waals surface area contributed by atoms with E-state index in [1.807, 2.05) is 6.07 Å². The van der Waals surface area contributed by atoms with E-state index in [0.717, 1.165) is 5.56 Å². The molecule has 1 aromatic rings. The zero-order valence-electron chi connectivity index (χ0n) is 10.6. The summed E-state index contributed by atoms with van der Waals surface area (Å²) in [6.45, 7) is 0.334. The molecule has 2 rings (SSSR count). The zero-order chi connectivity index (χ0) is 14.8. The number of halogens is 1. The van der Waals surface area contributed by atoms with Gasteiger partial charge in [0.15, 0.2) is 0 Å². The molecule has 5 nitrogen and oxygen atoms in total. The minimum absolute atomic E-state index is 0.121. The van der Waals surface area contributed by atoms with Crippen LogP contribution in [-0.2, 0) is 20.3 Å². The lowest BCUT2D eigenvalue weighted by molar-refractivity contribution is -0.117. The number of hydrogen-bond acceptors (Lipinski definition) is 4. The highest BCUT2D eigenvalue weighted by atomic mass is 35.7. The van der Waals surface area contributed by atoms with Crippen LogP contribution in [0.5, 0.6) is 0 Å². The maximum Gasteiger partial charge on any atom is 0.232 e. The van der Waals surface area contributed by atoms with E-state index in [0.29, 0.717) is 12.2 Å². The zero-order valence-corrected chi connectivity index (χ0v) is 12.2. The number of hydrogen-bond donors (Lipinski definition) is 0. The van der Waals surface area contributed by atoms with E-state index in [1.165, 1.54) is 0 Å². The lowest BCUT2D eigenvalue weighted by atomic mass is 10.1. The first-order valence-electron chi connectivity index (χ1n) is 6.07. The third-order valence-electron chi connectivity index (χ3n) is 3.15. The molecule has 0 N–H and O–H groups in total. The third-order valence-corrected chi connectivity index (χ3v) is 4.39. The summed E-state index contributed by atoms with van der Waals surface area (Å²) < 4.78 is 22.2. The van der Waals surface area contributed by atoms with Crippen LogP contribution >= 0.6 is 10.7 Å². The maximum absolute atomic E-state index is 12.0. The lowest BCUT2D eigenvalue weighted by Crippen LogP contribution is -2.25. The van der Waals surface area contributed by atoms with Crippen LogP contribution in [0.25, 0.3) is 0 Å². The van der Waals surface area contributed by atoms with Crippen molar-refractivity contribution in [3.8, 4) is 6.07 Å². The van der Waals surface area contributed by atoms with Crippen LogP contribution < -0.4 is 4.90 Å². The van der Waals surface area contributed by atoms with E-state index in [1.54, 1.807) is 23.1 Å². The van der Waals surface area contributed by atoms with Crippen LogP contribution in [0, 0.1) is 17.2 Å². The van der Waals surface area contributed by atoms with E-state index in [4.69, 9.17) is 15.9 Å². The number of nitriles is 1. The summed E-state index contributed by atoms with van der Waals surface area (Å²) >= 11 is 0. The Kier molecular flexibility index (Phi) is 4.31. The molecular formula is C13H13ClN2O3S. The summed E-state index contributed by atoms with van der Waals surface area (Å²) in [6, 6.07) is 9.20. The minimum atomic E-state index is -3.60. The van der Waals surface area contributed by atoms with E-state index >= 15 is 0 Å². The van der Waals surface area contributed by atoms with E-state index in [9.17, 15) is 13.2 Å². The Labute approximate surface area is 122 Å². The predicted octanol–water partition coefficient (Wildman–Crippen LogP) is 1.67. The molecule has 106 valence electrons. The number of amides is 1. The summed E-state index contributed by atoms with van der Waals surface area (Å²) in [6.07, 6.45) is 0.448. The minimum Gasteiger partial charge on any atom is -0.312 e. The first-order chi connectivity index (χ1) is 9.39. The number of anilines is 1. The largest absolute Gasteiger partial charge is 0.312 e. The second-order valence-electron chi connectivity index (χ2n) is 4.78. The van der Waals surface area contributed by atoms with Gasteiger partial charge in [-0.15, -0.1) is 0 Å². The molecule has 1 unspecified atom stereocenters. The normalized spacial score (nSPS) is 19.1. The predicted molar refractivity (Wildman–Crippen MR) is 75.9 cm³/mol. The van der Waals surface area contributed by atoms with E-state index < -0.39 is 9.05 Å². The van der Waals surface area contributed by atoms with Crippen molar-refractivity contribution in [3.05, 3.63) is 29.8 Å². The van der Waals surface area contributed by atoms with Crippen LogP contribution in [0.3, 0.4) is 0 Å². The summed E-state index contributed by atoms with van der Waals surface area (Å²) in [5.41, 5.74) is 1.52. The average Bonchev–Trinajstić information content (AvgIpc) is 2.68. The van der Waals surface area contributed by atoms with E-state index in [-0.39, 0.29) is 30.4 Å². The molecule has 1 fully saturated rings. The molecule has 1 atom stereocenters. The van der Waals surface area contributed by atoms with Crippen molar-refractivity contribution in [2.24, 2.45) is 5.92 Å². The first-order valence-corrected chi connectivity index (χ1v) is 8.55. The highest BCUT2D eigenvalue weighted by Gasteiger charge is 2.33. The monoisotopic (exact) mass is 312 g/mol. The summed E-state index contributed by atoms with van der Waals surface area (Å²) in [7, 11) is 1.62. The molecule has 7 heteroatoms. The van der Waals surface area contributed by atoms with Gasteiger partial charge in [-0.25, -0.2) is 8.42 Å². The van der Waals surface area contributed by atoms with Crippen LogP contribution in [0.2, 0.25) is 0 Å². The van der Waals surface area contributed by atoms with Crippen LogP contribution in [0.15, 0.2) is 24.3 Å². The Bertz CT molecular complexity index is 666. The van der Waals surface area contributed by atoms with Gasteiger partial charge >= 0.3 is 0 Å². The molecule has 1 heterocycles. The molecule has 1 saturated heterocycles. The second kappa shape index (κ2) is 5.81. The van der Waals surface area contributed by atoms with Gasteiger partial charge in [-0.3, -0.25) is 4.79 Å². The fraction of sp³-hybridized carbons (Fsp3) is 0.385. The van der Waals surface area contributed by atoms with Gasteiger partial charge in [0.25, 0.3) is 0 Å². The number of carbonyl (C=O) groups excluding carboxylic acids is 1. The van der Waals surface area contributed by atoms with Gasteiger partial charge in [0.05, 0.1) is 18.2 Å². The number of benzene rings is 1. The Morgan fingerprint density at radius 2 is 2.20 bits per heavy atom. The molecule has 0 bridgehead atoms. The van der Waals surface area contributed by atoms with Gasteiger partial charge in [0.2, 0.25) is 15.0 Å². The first kappa shape index (κ1) is 14.8. The third kappa shape index (κ3) is 3.71. The van der Waals surface area contributed by atoms with Crippen molar-refractivity contribution >= 4 is 31.3 Å². The number of rotatable bonds is 4. The van der Waals surface area contributed by atoms with Crippen molar-refractivity contribution in [2.75, 3.05) is 17.2 Å². The summed E-state index contributed by atoms with van der Waals surface area (Å²) in [4.78, 5) is 13.5. The molecule has 1 amide bonds.